The lowest BCUT2D eigenvalue weighted by Gasteiger charge is -2.29. The van der Waals surface area contributed by atoms with Crippen molar-refractivity contribution < 1.29 is 21.8 Å². The fraction of sp³-hybridized carbons (Fsp3) is 0.409. The van der Waals surface area contributed by atoms with Gasteiger partial charge >= 0.3 is 10.1 Å². The zero-order chi connectivity index (χ0) is 22.3. The van der Waals surface area contributed by atoms with Crippen molar-refractivity contribution in [2.24, 2.45) is 0 Å². The Labute approximate surface area is 182 Å². The second kappa shape index (κ2) is 8.12. The van der Waals surface area contributed by atoms with Gasteiger partial charge in [-0.1, -0.05) is 0 Å². The van der Waals surface area contributed by atoms with E-state index < -0.39 is 10.1 Å². The van der Waals surface area contributed by atoms with Gasteiger partial charge in [0.2, 0.25) is 0 Å². The van der Waals surface area contributed by atoms with E-state index in [-0.39, 0.29) is 17.5 Å². The minimum atomic E-state index is -3.64. The Bertz CT molecular complexity index is 1120. The first-order valence-corrected chi connectivity index (χ1v) is 12.0. The van der Waals surface area contributed by atoms with Gasteiger partial charge in [-0.15, -0.1) is 0 Å². The molecule has 1 atom stereocenters. The third-order valence-electron chi connectivity index (χ3n) is 5.88. The SMILES string of the molecule is CN(C)C1CCN(c2ccc(N3CCc4cc(OS(C)(=O)=O)ccc4C3=O)cc2F)C1. The average Bonchev–Trinajstić information content (AvgIpc) is 3.17. The van der Waals surface area contributed by atoms with Crippen LogP contribution in [0.3, 0.4) is 0 Å². The van der Waals surface area contributed by atoms with Crippen molar-refractivity contribution in [2.75, 3.05) is 49.8 Å². The van der Waals surface area contributed by atoms with Crippen LogP contribution in [0.1, 0.15) is 22.3 Å². The van der Waals surface area contributed by atoms with Gasteiger partial charge in [-0.3, -0.25) is 4.79 Å². The van der Waals surface area contributed by atoms with Gasteiger partial charge in [-0.2, -0.15) is 8.42 Å². The topological polar surface area (TPSA) is 70.2 Å². The first-order chi connectivity index (χ1) is 14.6. The molecule has 7 nitrogen and oxygen atoms in total. The number of hydrogen-bond donors (Lipinski definition) is 0. The number of hydrogen-bond acceptors (Lipinski definition) is 6. The summed E-state index contributed by atoms with van der Waals surface area (Å²) in [5, 5.41) is 0. The van der Waals surface area contributed by atoms with Crippen molar-refractivity contribution in [3.05, 3.63) is 53.3 Å². The monoisotopic (exact) mass is 447 g/mol. The van der Waals surface area contributed by atoms with Crippen molar-refractivity contribution in [3.63, 3.8) is 0 Å². The molecule has 0 aliphatic carbocycles. The van der Waals surface area contributed by atoms with Gasteiger partial charge in [0.25, 0.3) is 5.91 Å². The Balaban J connectivity index is 1.53. The standard InChI is InChI=1S/C22H26FN3O4S/c1-24(2)17-9-10-25(14-17)21-7-4-16(13-20(21)23)26-11-8-15-12-18(30-31(3,28)29)5-6-19(15)22(26)27/h4-7,12-13,17H,8-11,14H2,1-3H3. The summed E-state index contributed by atoms with van der Waals surface area (Å²) in [4.78, 5) is 18.8. The Morgan fingerprint density at radius 2 is 1.90 bits per heavy atom. The van der Waals surface area contributed by atoms with Crippen molar-refractivity contribution in [3.8, 4) is 5.75 Å². The maximum absolute atomic E-state index is 15.0. The van der Waals surface area contributed by atoms with Crippen LogP contribution in [-0.2, 0) is 16.5 Å². The molecule has 0 bridgehead atoms. The molecular formula is C22H26FN3O4S. The number of rotatable bonds is 5. The molecule has 1 amide bonds. The van der Waals surface area contributed by atoms with E-state index in [9.17, 15) is 17.6 Å². The lowest BCUT2D eigenvalue weighted by molar-refractivity contribution is 0.0980. The molecule has 0 saturated carbocycles. The summed E-state index contributed by atoms with van der Waals surface area (Å²) >= 11 is 0. The molecule has 1 unspecified atom stereocenters. The highest BCUT2D eigenvalue weighted by molar-refractivity contribution is 7.86. The zero-order valence-corrected chi connectivity index (χ0v) is 18.7. The normalized spacial score (nSPS) is 19.1. The molecule has 2 aliphatic heterocycles. The average molecular weight is 448 g/mol. The summed E-state index contributed by atoms with van der Waals surface area (Å²) in [5.41, 5.74) is 2.24. The largest absolute Gasteiger partial charge is 0.383 e. The molecule has 0 aromatic heterocycles. The molecule has 2 aromatic carbocycles. The smallest absolute Gasteiger partial charge is 0.306 e. The number of amides is 1. The number of benzene rings is 2. The molecule has 0 spiro atoms. The van der Waals surface area contributed by atoms with Crippen LogP contribution in [0.25, 0.3) is 0 Å². The summed E-state index contributed by atoms with van der Waals surface area (Å²) in [6.07, 6.45) is 2.48. The van der Waals surface area contributed by atoms with Crippen LogP contribution in [0.4, 0.5) is 15.8 Å². The molecule has 1 saturated heterocycles. The molecule has 9 heteroatoms. The number of anilines is 2. The second-order valence-electron chi connectivity index (χ2n) is 8.30. The number of fused-ring (bicyclic) bond motifs is 1. The summed E-state index contributed by atoms with van der Waals surface area (Å²) in [5.74, 6) is -0.403. The Morgan fingerprint density at radius 3 is 2.55 bits per heavy atom. The zero-order valence-electron chi connectivity index (χ0n) is 17.8. The molecule has 2 heterocycles. The van der Waals surface area contributed by atoms with Crippen LogP contribution in [0.2, 0.25) is 0 Å². The van der Waals surface area contributed by atoms with Crippen molar-refractivity contribution in [1.29, 1.82) is 0 Å². The molecule has 2 aliphatic rings. The quantitative estimate of drug-likeness (QED) is 0.656. The van der Waals surface area contributed by atoms with Gasteiger partial charge in [0.15, 0.2) is 0 Å². The van der Waals surface area contributed by atoms with Crippen LogP contribution in [-0.4, -0.2) is 65.3 Å². The van der Waals surface area contributed by atoms with Gasteiger partial charge < -0.3 is 18.9 Å². The second-order valence-corrected chi connectivity index (χ2v) is 9.88. The lowest BCUT2D eigenvalue weighted by Crippen LogP contribution is -2.37. The molecule has 1 fully saturated rings. The van der Waals surface area contributed by atoms with Crippen LogP contribution in [0.5, 0.6) is 5.75 Å². The number of halogens is 1. The van der Waals surface area contributed by atoms with E-state index in [4.69, 9.17) is 4.18 Å². The summed E-state index contributed by atoms with van der Waals surface area (Å²) in [6, 6.07) is 9.93. The predicted octanol–water partition coefficient (Wildman–Crippen LogP) is 2.51. The fourth-order valence-corrected chi connectivity index (χ4v) is 4.69. The Hall–Kier alpha value is -2.65. The predicted molar refractivity (Wildman–Crippen MR) is 118 cm³/mol. The van der Waals surface area contributed by atoms with Crippen molar-refractivity contribution in [2.45, 2.75) is 18.9 Å². The lowest BCUT2D eigenvalue weighted by atomic mass is 9.98. The molecule has 2 aromatic rings. The van der Waals surface area contributed by atoms with E-state index in [1.54, 1.807) is 29.2 Å². The maximum Gasteiger partial charge on any atom is 0.306 e. The van der Waals surface area contributed by atoms with Crippen LogP contribution < -0.4 is 14.0 Å². The minimum Gasteiger partial charge on any atom is -0.383 e. The third kappa shape index (κ3) is 4.52. The van der Waals surface area contributed by atoms with Gasteiger partial charge in [0.1, 0.15) is 11.6 Å². The van der Waals surface area contributed by atoms with Gasteiger partial charge in [0, 0.05) is 36.9 Å². The maximum atomic E-state index is 15.0. The van der Waals surface area contributed by atoms with Gasteiger partial charge in [-0.05, 0) is 68.9 Å². The molecule has 4 rings (SSSR count). The molecule has 0 radical (unpaired) electrons. The molecular weight excluding hydrogens is 421 g/mol. The van der Waals surface area contributed by atoms with Gasteiger partial charge in [-0.25, -0.2) is 4.39 Å². The van der Waals surface area contributed by atoms with E-state index in [0.717, 1.165) is 25.8 Å². The highest BCUT2D eigenvalue weighted by Crippen LogP contribution is 2.32. The van der Waals surface area contributed by atoms with E-state index in [1.165, 1.54) is 12.1 Å². The number of nitrogens with zero attached hydrogens (tertiary/aromatic N) is 3. The van der Waals surface area contributed by atoms with Crippen LogP contribution in [0, 0.1) is 5.82 Å². The fourth-order valence-electron chi connectivity index (χ4n) is 4.24. The molecule has 166 valence electrons. The van der Waals surface area contributed by atoms with Crippen LogP contribution in [0.15, 0.2) is 36.4 Å². The first kappa shape index (κ1) is 21.6. The van der Waals surface area contributed by atoms with E-state index in [2.05, 4.69) is 4.90 Å². The molecule has 0 N–H and O–H groups in total. The first-order valence-electron chi connectivity index (χ1n) is 10.2. The number of carbonyl (C=O) groups excluding carboxylic acids is 1. The Kier molecular flexibility index (Phi) is 5.65. The van der Waals surface area contributed by atoms with Crippen LogP contribution >= 0.6 is 0 Å². The molecule has 31 heavy (non-hydrogen) atoms. The van der Waals surface area contributed by atoms with Crippen molar-refractivity contribution in [1.82, 2.24) is 4.90 Å². The van der Waals surface area contributed by atoms with E-state index >= 15 is 0 Å². The summed E-state index contributed by atoms with van der Waals surface area (Å²) in [7, 11) is 0.424. The third-order valence-corrected chi connectivity index (χ3v) is 6.38. The summed E-state index contributed by atoms with van der Waals surface area (Å²) in [6.45, 7) is 1.95. The van der Waals surface area contributed by atoms with Gasteiger partial charge in [0.05, 0.1) is 11.9 Å². The number of carbonyl (C=O) groups is 1. The van der Waals surface area contributed by atoms with E-state index in [1.807, 2.05) is 19.0 Å². The highest BCUT2D eigenvalue weighted by Gasteiger charge is 2.29. The summed E-state index contributed by atoms with van der Waals surface area (Å²) < 4.78 is 42.5. The number of likely N-dealkylation sites (N-methyl/N-ethyl adjacent to an activating group) is 1. The Morgan fingerprint density at radius 1 is 1.13 bits per heavy atom. The van der Waals surface area contributed by atoms with Crippen molar-refractivity contribution >= 4 is 27.4 Å². The minimum absolute atomic E-state index is 0.180. The van der Waals surface area contributed by atoms with E-state index in [0.29, 0.717) is 41.5 Å². The highest BCUT2D eigenvalue weighted by atomic mass is 32.2.